The highest BCUT2D eigenvalue weighted by atomic mass is 79.9. The smallest absolute Gasteiger partial charge is 0.386 e. The monoisotopic (exact) mass is 327 g/mol. The first-order chi connectivity index (χ1) is 8.46. The van der Waals surface area contributed by atoms with Crippen molar-refractivity contribution in [3.8, 4) is 5.88 Å². The molecule has 1 heterocycles. The van der Waals surface area contributed by atoms with Crippen LogP contribution in [-0.2, 0) is 0 Å². The van der Waals surface area contributed by atoms with Gasteiger partial charge in [0.15, 0.2) is 0 Å². The first-order valence-corrected chi connectivity index (χ1v) is 6.47. The van der Waals surface area contributed by atoms with Crippen molar-refractivity contribution in [2.45, 2.75) is 19.7 Å². The molecule has 18 heavy (non-hydrogen) atoms. The molecule has 1 aromatic rings. The lowest BCUT2D eigenvalue weighted by Gasteiger charge is -2.21. The van der Waals surface area contributed by atoms with E-state index in [1.807, 2.05) is 11.8 Å². The van der Waals surface area contributed by atoms with Crippen LogP contribution in [0.25, 0.3) is 0 Å². The van der Waals surface area contributed by atoms with Crippen molar-refractivity contribution >= 4 is 21.7 Å². The minimum absolute atomic E-state index is 0.533. The van der Waals surface area contributed by atoms with E-state index in [1.54, 1.807) is 0 Å². The van der Waals surface area contributed by atoms with Crippen molar-refractivity contribution in [1.82, 2.24) is 9.97 Å². The number of nitrogens with zero attached hydrogens (tertiary/aromatic N) is 3. The Balaban J connectivity index is 2.73. The van der Waals surface area contributed by atoms with Crippen molar-refractivity contribution in [2.24, 2.45) is 0 Å². The largest absolute Gasteiger partial charge is 0.574 e. The summed E-state index contributed by atoms with van der Waals surface area (Å²) >= 11 is 3.31. The molecule has 0 radical (unpaired) electrons. The van der Waals surface area contributed by atoms with E-state index in [1.165, 1.54) is 6.20 Å². The number of alkyl halides is 4. The molecule has 0 aliphatic heterocycles. The summed E-state index contributed by atoms with van der Waals surface area (Å²) in [5, 5.41) is 0.746. The number of halogens is 4. The molecule has 0 N–H and O–H groups in total. The molecule has 0 fully saturated rings. The molecular formula is C10H13BrF3N3O. The van der Waals surface area contributed by atoms with E-state index < -0.39 is 12.2 Å². The third-order valence-corrected chi connectivity index (χ3v) is 2.36. The lowest BCUT2D eigenvalue weighted by Crippen LogP contribution is -2.27. The van der Waals surface area contributed by atoms with Gasteiger partial charge < -0.3 is 9.64 Å². The highest BCUT2D eigenvalue weighted by Crippen LogP contribution is 2.21. The van der Waals surface area contributed by atoms with Crippen LogP contribution < -0.4 is 9.64 Å². The van der Waals surface area contributed by atoms with Gasteiger partial charge in [-0.15, -0.1) is 13.2 Å². The fourth-order valence-corrected chi connectivity index (χ4v) is 1.78. The normalized spacial score (nSPS) is 11.4. The summed E-state index contributed by atoms with van der Waals surface area (Å²) in [6.07, 6.45) is -1.58. The SMILES string of the molecule is CCCN(CCBr)c1cnc(OC(F)(F)F)cn1. The Morgan fingerprint density at radius 1 is 1.28 bits per heavy atom. The van der Waals surface area contributed by atoms with E-state index in [9.17, 15) is 13.2 Å². The van der Waals surface area contributed by atoms with Crippen LogP contribution in [-0.4, -0.2) is 34.7 Å². The van der Waals surface area contributed by atoms with Crippen LogP contribution in [0.2, 0.25) is 0 Å². The van der Waals surface area contributed by atoms with Crippen molar-refractivity contribution in [3.05, 3.63) is 12.4 Å². The van der Waals surface area contributed by atoms with Crippen molar-refractivity contribution in [1.29, 1.82) is 0 Å². The Labute approximate surface area is 111 Å². The van der Waals surface area contributed by atoms with Gasteiger partial charge >= 0.3 is 6.36 Å². The summed E-state index contributed by atoms with van der Waals surface area (Å²) in [6, 6.07) is 0. The third kappa shape index (κ3) is 5.07. The van der Waals surface area contributed by atoms with Gasteiger partial charge in [0, 0.05) is 18.4 Å². The molecule has 0 aromatic carbocycles. The molecule has 0 aliphatic rings. The Morgan fingerprint density at radius 2 is 2.00 bits per heavy atom. The van der Waals surface area contributed by atoms with Gasteiger partial charge in [-0.2, -0.15) is 0 Å². The second kappa shape index (κ2) is 6.77. The highest BCUT2D eigenvalue weighted by Gasteiger charge is 2.31. The molecule has 1 rings (SSSR count). The summed E-state index contributed by atoms with van der Waals surface area (Å²) < 4.78 is 39.5. The first kappa shape index (κ1) is 15.0. The van der Waals surface area contributed by atoms with Gasteiger partial charge in [-0.05, 0) is 6.42 Å². The molecule has 0 amide bonds. The maximum Gasteiger partial charge on any atom is 0.574 e. The standard InChI is InChI=1S/C10H13BrF3N3O/c1-2-4-17(5-3-11)8-6-16-9(7-15-8)18-10(12,13)14/h6-7H,2-5H2,1H3. The van der Waals surface area contributed by atoms with Gasteiger partial charge in [-0.3, -0.25) is 0 Å². The fourth-order valence-electron chi connectivity index (χ4n) is 1.36. The molecule has 1 aromatic heterocycles. The first-order valence-electron chi connectivity index (χ1n) is 5.35. The summed E-state index contributed by atoms with van der Waals surface area (Å²) in [5.41, 5.74) is 0. The molecule has 0 bridgehead atoms. The number of hydrogen-bond acceptors (Lipinski definition) is 4. The maximum atomic E-state index is 11.9. The van der Waals surface area contributed by atoms with Crippen molar-refractivity contribution in [2.75, 3.05) is 23.3 Å². The van der Waals surface area contributed by atoms with Crippen LogP contribution in [0.3, 0.4) is 0 Å². The quantitative estimate of drug-likeness (QED) is 0.753. The Bertz CT molecular complexity index is 352. The third-order valence-electron chi connectivity index (χ3n) is 2.01. The van der Waals surface area contributed by atoms with Crippen molar-refractivity contribution < 1.29 is 17.9 Å². The van der Waals surface area contributed by atoms with Gasteiger partial charge in [0.05, 0.1) is 12.4 Å². The highest BCUT2D eigenvalue weighted by molar-refractivity contribution is 9.09. The van der Waals surface area contributed by atoms with E-state index in [0.29, 0.717) is 12.4 Å². The van der Waals surface area contributed by atoms with Crippen LogP contribution in [0.4, 0.5) is 19.0 Å². The van der Waals surface area contributed by atoms with Crippen LogP contribution in [0.1, 0.15) is 13.3 Å². The lowest BCUT2D eigenvalue weighted by atomic mass is 10.4. The van der Waals surface area contributed by atoms with Gasteiger partial charge in [-0.1, -0.05) is 22.9 Å². The average molecular weight is 328 g/mol. The molecular weight excluding hydrogens is 315 g/mol. The van der Waals surface area contributed by atoms with E-state index in [-0.39, 0.29) is 0 Å². The van der Waals surface area contributed by atoms with Gasteiger partial charge in [0.25, 0.3) is 0 Å². The van der Waals surface area contributed by atoms with E-state index in [0.717, 1.165) is 24.5 Å². The van der Waals surface area contributed by atoms with E-state index in [2.05, 4.69) is 30.6 Å². The van der Waals surface area contributed by atoms with Crippen LogP contribution in [0, 0.1) is 0 Å². The van der Waals surface area contributed by atoms with Crippen LogP contribution >= 0.6 is 15.9 Å². The Kier molecular flexibility index (Phi) is 5.64. The predicted molar refractivity (Wildman–Crippen MR) is 65.0 cm³/mol. The zero-order chi connectivity index (χ0) is 13.6. The van der Waals surface area contributed by atoms with Crippen molar-refractivity contribution in [3.63, 3.8) is 0 Å². The molecule has 0 spiro atoms. The second-order valence-corrected chi connectivity index (χ2v) is 4.23. The van der Waals surface area contributed by atoms with Crippen LogP contribution in [0.5, 0.6) is 5.88 Å². The molecule has 4 nitrogen and oxygen atoms in total. The van der Waals surface area contributed by atoms with Gasteiger partial charge in [0.2, 0.25) is 5.88 Å². The number of aromatic nitrogens is 2. The molecule has 0 atom stereocenters. The predicted octanol–water partition coefficient (Wildman–Crippen LogP) is 2.99. The molecule has 102 valence electrons. The minimum Gasteiger partial charge on any atom is -0.386 e. The van der Waals surface area contributed by atoms with E-state index in [4.69, 9.17) is 0 Å². The number of hydrogen-bond donors (Lipinski definition) is 0. The topological polar surface area (TPSA) is 38.2 Å². The molecule has 0 saturated heterocycles. The Hall–Kier alpha value is -1.05. The van der Waals surface area contributed by atoms with E-state index >= 15 is 0 Å². The van der Waals surface area contributed by atoms with Gasteiger partial charge in [-0.25, -0.2) is 9.97 Å². The molecule has 0 aliphatic carbocycles. The number of ether oxygens (including phenoxy) is 1. The fraction of sp³-hybridized carbons (Fsp3) is 0.600. The zero-order valence-electron chi connectivity index (χ0n) is 9.74. The Morgan fingerprint density at radius 3 is 2.44 bits per heavy atom. The van der Waals surface area contributed by atoms with Gasteiger partial charge in [0.1, 0.15) is 5.82 Å². The molecule has 8 heteroatoms. The minimum atomic E-state index is -4.74. The van der Waals surface area contributed by atoms with Crippen LogP contribution in [0.15, 0.2) is 12.4 Å². The second-order valence-electron chi connectivity index (χ2n) is 3.44. The zero-order valence-corrected chi connectivity index (χ0v) is 11.3. The summed E-state index contributed by atoms with van der Waals surface area (Å²) in [4.78, 5) is 9.44. The number of anilines is 1. The summed E-state index contributed by atoms with van der Waals surface area (Å²) in [5.74, 6) is -0.0210. The average Bonchev–Trinajstić information content (AvgIpc) is 2.28. The lowest BCUT2D eigenvalue weighted by molar-refractivity contribution is -0.276. The summed E-state index contributed by atoms with van der Waals surface area (Å²) in [6.45, 7) is 3.48. The number of rotatable bonds is 6. The molecule has 0 unspecified atom stereocenters. The summed E-state index contributed by atoms with van der Waals surface area (Å²) in [7, 11) is 0. The molecule has 0 saturated carbocycles. The maximum absolute atomic E-state index is 11.9.